The molecule has 33 heavy (non-hydrogen) atoms. The first-order chi connectivity index (χ1) is 16.0. The molecule has 0 aliphatic heterocycles. The number of nitrogens with zero attached hydrogens (tertiary/aromatic N) is 1. The molecule has 163 valence electrons. The van der Waals surface area contributed by atoms with Crippen LogP contribution >= 0.6 is 23.2 Å². The fourth-order valence-corrected chi connectivity index (χ4v) is 4.74. The van der Waals surface area contributed by atoms with Crippen LogP contribution in [0.15, 0.2) is 72.8 Å². The van der Waals surface area contributed by atoms with E-state index in [0.717, 1.165) is 44.2 Å². The minimum Gasteiger partial charge on any atom is -0.497 e. The fraction of sp³-hybridized carbons (Fsp3) is 0.0741. The minimum absolute atomic E-state index is 0.470. The molecule has 2 N–H and O–H groups in total. The monoisotopic (exact) mass is 473 g/mol. The van der Waals surface area contributed by atoms with Crippen LogP contribution in [0, 0.1) is 6.07 Å². The van der Waals surface area contributed by atoms with E-state index in [2.05, 4.69) is 16.7 Å². The molecule has 0 saturated carbocycles. The molecule has 0 aliphatic carbocycles. The van der Waals surface area contributed by atoms with E-state index in [1.54, 1.807) is 19.2 Å². The molecule has 5 rings (SSSR count). The second kappa shape index (κ2) is 8.47. The van der Waals surface area contributed by atoms with Crippen molar-refractivity contribution in [2.45, 2.75) is 6.54 Å². The van der Waals surface area contributed by atoms with Crippen molar-refractivity contribution >= 4 is 50.9 Å². The lowest BCUT2D eigenvalue weighted by atomic mass is 10.0. The summed E-state index contributed by atoms with van der Waals surface area (Å²) in [4.78, 5) is 12.2. The minimum atomic E-state index is -0.470. The van der Waals surface area contributed by atoms with E-state index < -0.39 is 5.91 Å². The number of hydrogen-bond acceptors (Lipinski definition) is 2. The molecule has 0 bridgehead atoms. The van der Waals surface area contributed by atoms with Crippen molar-refractivity contribution in [3.63, 3.8) is 0 Å². The number of fused-ring (bicyclic) bond motifs is 3. The van der Waals surface area contributed by atoms with E-state index in [1.165, 1.54) is 0 Å². The van der Waals surface area contributed by atoms with Crippen molar-refractivity contribution in [3.8, 4) is 16.9 Å². The van der Waals surface area contributed by atoms with Gasteiger partial charge in [0, 0.05) is 38.5 Å². The van der Waals surface area contributed by atoms with Gasteiger partial charge in [-0.3, -0.25) is 4.79 Å². The van der Waals surface area contributed by atoms with Crippen LogP contribution in [0.4, 0.5) is 0 Å². The molecule has 0 atom stereocenters. The third-order valence-electron chi connectivity index (χ3n) is 5.80. The van der Waals surface area contributed by atoms with Crippen LogP contribution in [0.2, 0.25) is 10.0 Å². The van der Waals surface area contributed by atoms with Crippen LogP contribution in [-0.4, -0.2) is 17.6 Å². The van der Waals surface area contributed by atoms with E-state index >= 15 is 0 Å². The lowest BCUT2D eigenvalue weighted by molar-refractivity contribution is 0.100. The van der Waals surface area contributed by atoms with Gasteiger partial charge in [-0.2, -0.15) is 0 Å². The zero-order chi connectivity index (χ0) is 23.1. The highest BCUT2D eigenvalue weighted by Crippen LogP contribution is 2.37. The van der Waals surface area contributed by atoms with Gasteiger partial charge in [0.2, 0.25) is 5.91 Å². The number of nitrogens with two attached hydrogens (primary N) is 1. The summed E-state index contributed by atoms with van der Waals surface area (Å²) >= 11 is 12.6. The molecule has 6 heteroatoms. The summed E-state index contributed by atoms with van der Waals surface area (Å²) in [5, 5.41) is 2.77. The number of benzene rings is 4. The van der Waals surface area contributed by atoms with Crippen molar-refractivity contribution in [2.24, 2.45) is 5.73 Å². The summed E-state index contributed by atoms with van der Waals surface area (Å²) in [6.07, 6.45) is 0. The van der Waals surface area contributed by atoms with Gasteiger partial charge in [-0.05, 0) is 65.7 Å². The maximum atomic E-state index is 12.2. The summed E-state index contributed by atoms with van der Waals surface area (Å²) in [5.74, 6) is 0.326. The van der Waals surface area contributed by atoms with Gasteiger partial charge < -0.3 is 15.0 Å². The maximum absolute atomic E-state index is 12.2. The summed E-state index contributed by atoms with van der Waals surface area (Å²) < 4.78 is 7.46. The van der Waals surface area contributed by atoms with E-state index in [9.17, 15) is 4.79 Å². The third kappa shape index (κ3) is 3.82. The van der Waals surface area contributed by atoms with Crippen molar-refractivity contribution < 1.29 is 9.53 Å². The van der Waals surface area contributed by atoms with Crippen LogP contribution in [0.5, 0.6) is 5.75 Å². The van der Waals surface area contributed by atoms with Crippen molar-refractivity contribution in [2.75, 3.05) is 7.11 Å². The third-order valence-corrected chi connectivity index (χ3v) is 6.35. The Bertz CT molecular complexity index is 1520. The van der Waals surface area contributed by atoms with E-state index in [0.29, 0.717) is 22.2 Å². The SMILES string of the molecule is COc1ccc(Cn2c3cc(-c4ccc(Cl)cc4Cl)c[c]c3c3c(C(N)=O)cccc32)cc1. The Morgan fingerprint density at radius 2 is 1.82 bits per heavy atom. The van der Waals surface area contributed by atoms with Gasteiger partial charge in [0.05, 0.1) is 18.1 Å². The van der Waals surface area contributed by atoms with Gasteiger partial charge in [-0.25, -0.2) is 0 Å². The summed E-state index contributed by atoms with van der Waals surface area (Å²) in [7, 11) is 1.65. The van der Waals surface area contributed by atoms with Crippen LogP contribution in [0.25, 0.3) is 32.9 Å². The van der Waals surface area contributed by atoms with Gasteiger partial charge in [-0.15, -0.1) is 0 Å². The Hall–Kier alpha value is -3.47. The average Bonchev–Trinajstić information content (AvgIpc) is 3.12. The largest absolute Gasteiger partial charge is 0.497 e. The lowest BCUT2D eigenvalue weighted by Gasteiger charge is -2.10. The number of amides is 1. The Kier molecular flexibility index (Phi) is 5.49. The molecule has 1 aromatic heterocycles. The van der Waals surface area contributed by atoms with E-state index in [4.69, 9.17) is 33.7 Å². The highest BCUT2D eigenvalue weighted by molar-refractivity contribution is 6.36. The number of halogens is 2. The first-order valence-corrected chi connectivity index (χ1v) is 11.1. The van der Waals surface area contributed by atoms with Crippen LogP contribution in [-0.2, 0) is 6.54 Å². The molecule has 0 fully saturated rings. The molecule has 0 aliphatic rings. The molecule has 5 aromatic rings. The van der Waals surface area contributed by atoms with Crippen molar-refractivity contribution in [3.05, 3.63) is 100 Å². The standard InChI is InChI=1S/C27H19Cl2N2O2/c1-33-19-9-5-16(6-10-19)15-31-24-4-2-3-22(27(30)32)26(24)21-11-7-17(13-25(21)31)20-12-8-18(28)14-23(20)29/h2-10,12-14H,15H2,1H3,(H2,30,32). The Morgan fingerprint density at radius 1 is 1.03 bits per heavy atom. The number of carbonyl (C=O) groups is 1. The lowest BCUT2D eigenvalue weighted by Crippen LogP contribution is -2.11. The number of primary amides is 1. The molecular formula is C27H19Cl2N2O2. The zero-order valence-corrected chi connectivity index (χ0v) is 19.2. The molecule has 1 radical (unpaired) electrons. The highest BCUT2D eigenvalue weighted by Gasteiger charge is 2.18. The highest BCUT2D eigenvalue weighted by atomic mass is 35.5. The van der Waals surface area contributed by atoms with Gasteiger partial charge >= 0.3 is 0 Å². The normalized spacial score (nSPS) is 11.2. The maximum Gasteiger partial charge on any atom is 0.249 e. The number of aromatic nitrogens is 1. The second-order valence-corrected chi connectivity index (χ2v) is 8.61. The molecule has 4 nitrogen and oxygen atoms in total. The molecule has 4 aromatic carbocycles. The summed E-state index contributed by atoms with van der Waals surface area (Å²) in [6, 6.07) is 26.3. The van der Waals surface area contributed by atoms with Crippen molar-refractivity contribution in [1.29, 1.82) is 0 Å². The molecule has 1 amide bonds. The van der Waals surface area contributed by atoms with Gasteiger partial charge in [0.1, 0.15) is 5.75 Å². The predicted molar refractivity (Wildman–Crippen MR) is 134 cm³/mol. The number of methoxy groups -OCH3 is 1. The summed E-state index contributed by atoms with van der Waals surface area (Å²) in [5.41, 5.74) is 10.9. The zero-order valence-electron chi connectivity index (χ0n) is 17.7. The quantitative estimate of drug-likeness (QED) is 0.307. The smallest absolute Gasteiger partial charge is 0.249 e. The molecule has 0 saturated heterocycles. The Morgan fingerprint density at radius 3 is 2.52 bits per heavy atom. The summed E-state index contributed by atoms with van der Waals surface area (Å²) in [6.45, 7) is 0.595. The molecule has 0 spiro atoms. The number of rotatable bonds is 5. The number of hydrogen-bond donors (Lipinski definition) is 1. The molecule has 0 unspecified atom stereocenters. The van der Waals surface area contributed by atoms with Crippen LogP contribution in [0.1, 0.15) is 15.9 Å². The molecular weight excluding hydrogens is 455 g/mol. The van der Waals surface area contributed by atoms with E-state index in [1.807, 2.05) is 54.6 Å². The van der Waals surface area contributed by atoms with Gasteiger partial charge in [-0.1, -0.05) is 47.5 Å². The Balaban J connectivity index is 1.77. The predicted octanol–water partition coefficient (Wildman–Crippen LogP) is 6.72. The first-order valence-electron chi connectivity index (χ1n) is 10.3. The topological polar surface area (TPSA) is 57.2 Å². The first kappa shape index (κ1) is 21.4. The number of carbonyl (C=O) groups excluding carboxylic acids is 1. The van der Waals surface area contributed by atoms with E-state index in [-0.39, 0.29) is 0 Å². The van der Waals surface area contributed by atoms with Gasteiger partial charge in [0.15, 0.2) is 0 Å². The average molecular weight is 474 g/mol. The van der Waals surface area contributed by atoms with Crippen LogP contribution in [0.3, 0.4) is 0 Å². The second-order valence-electron chi connectivity index (χ2n) is 7.77. The fourth-order valence-electron chi connectivity index (χ4n) is 4.22. The van der Waals surface area contributed by atoms with Crippen LogP contribution < -0.4 is 10.5 Å². The Labute approximate surface area is 201 Å². The molecule has 1 heterocycles. The van der Waals surface area contributed by atoms with Crippen molar-refractivity contribution in [1.82, 2.24) is 4.57 Å². The number of ether oxygens (including phenoxy) is 1. The van der Waals surface area contributed by atoms with Gasteiger partial charge in [0.25, 0.3) is 0 Å².